The number of aromatic nitrogens is 4. The third kappa shape index (κ3) is 2.81. The van der Waals surface area contributed by atoms with Gasteiger partial charge in [-0.1, -0.05) is 30.3 Å². The lowest BCUT2D eigenvalue weighted by Crippen LogP contribution is -2.15. The molecule has 0 saturated heterocycles. The minimum Gasteiger partial charge on any atom is -0.408 e. The fraction of sp³-hybridized carbons (Fsp3) is 0.438. The summed E-state index contributed by atoms with van der Waals surface area (Å²) >= 11 is 1.65. The first-order valence-electron chi connectivity index (χ1n) is 7.96. The molecule has 0 amide bonds. The van der Waals surface area contributed by atoms with Crippen molar-refractivity contribution in [2.45, 2.75) is 43.9 Å². The van der Waals surface area contributed by atoms with E-state index in [1.807, 2.05) is 24.3 Å². The van der Waals surface area contributed by atoms with Crippen molar-refractivity contribution in [1.82, 2.24) is 19.3 Å². The zero-order valence-corrected chi connectivity index (χ0v) is 13.6. The summed E-state index contributed by atoms with van der Waals surface area (Å²) in [5, 5.41) is 9.57. The summed E-state index contributed by atoms with van der Waals surface area (Å²) < 4.78 is 9.17. The highest BCUT2D eigenvalue weighted by Crippen LogP contribution is 2.22. The molecule has 1 aliphatic rings. The summed E-state index contributed by atoms with van der Waals surface area (Å²) in [5.41, 5.74) is 1.48. The van der Waals surface area contributed by atoms with Crippen LogP contribution < -0.4 is 5.76 Å². The number of para-hydroxylation sites is 2. The predicted octanol–water partition coefficient (Wildman–Crippen LogP) is 2.70. The first-order valence-corrected chi connectivity index (χ1v) is 8.95. The summed E-state index contributed by atoms with van der Waals surface area (Å²) in [6.45, 7) is 1.60. The van der Waals surface area contributed by atoms with Gasteiger partial charge in [0.05, 0.1) is 5.52 Å². The molecule has 1 aliphatic heterocycles. The van der Waals surface area contributed by atoms with Gasteiger partial charge in [-0.05, 0) is 25.0 Å². The molecule has 3 aromatic rings. The van der Waals surface area contributed by atoms with Crippen LogP contribution in [0.15, 0.2) is 38.6 Å². The molecule has 7 heteroatoms. The number of benzene rings is 1. The summed E-state index contributed by atoms with van der Waals surface area (Å²) in [6, 6.07) is 7.52. The molecule has 4 rings (SSSR count). The van der Waals surface area contributed by atoms with Crippen LogP contribution in [0.4, 0.5) is 0 Å². The molecule has 0 saturated carbocycles. The van der Waals surface area contributed by atoms with Crippen LogP contribution in [0.2, 0.25) is 0 Å². The van der Waals surface area contributed by atoms with Gasteiger partial charge in [-0.3, -0.25) is 4.57 Å². The molecule has 2 aromatic heterocycles. The van der Waals surface area contributed by atoms with Gasteiger partial charge < -0.3 is 8.98 Å². The van der Waals surface area contributed by atoms with Crippen LogP contribution in [0.5, 0.6) is 0 Å². The Balaban J connectivity index is 1.49. The Hall–Kier alpha value is -2.02. The van der Waals surface area contributed by atoms with E-state index in [4.69, 9.17) is 4.42 Å². The Morgan fingerprint density at radius 2 is 2.09 bits per heavy atom. The quantitative estimate of drug-likeness (QED) is 0.688. The molecule has 0 spiro atoms. The maximum absolute atomic E-state index is 12.0. The average molecular weight is 330 g/mol. The van der Waals surface area contributed by atoms with E-state index in [1.54, 1.807) is 16.3 Å². The van der Waals surface area contributed by atoms with Crippen LogP contribution in [0.25, 0.3) is 11.1 Å². The molecular formula is C16H18N4O2S. The maximum Gasteiger partial charge on any atom is 0.419 e. The maximum atomic E-state index is 12.0. The standard InChI is InChI=1S/C16H18N4O2S/c21-16-19(12-6-3-4-7-13(12)22-16)10-11-23-15-18-17-14-8-2-1-5-9-20(14)15/h3-4,6-7H,1-2,5,8-11H2. The Morgan fingerprint density at radius 3 is 3.04 bits per heavy atom. The molecule has 0 unspecified atom stereocenters. The van der Waals surface area contributed by atoms with E-state index in [0.29, 0.717) is 12.1 Å². The van der Waals surface area contributed by atoms with Crippen LogP contribution in [0, 0.1) is 0 Å². The highest BCUT2D eigenvalue weighted by atomic mass is 32.2. The third-order valence-electron chi connectivity index (χ3n) is 4.20. The van der Waals surface area contributed by atoms with Crippen molar-refractivity contribution in [3.05, 3.63) is 40.6 Å². The molecule has 0 bridgehead atoms. The smallest absolute Gasteiger partial charge is 0.408 e. The van der Waals surface area contributed by atoms with Crippen molar-refractivity contribution in [2.24, 2.45) is 0 Å². The number of hydrogen-bond donors (Lipinski definition) is 0. The summed E-state index contributed by atoms with van der Waals surface area (Å²) in [7, 11) is 0. The van der Waals surface area contributed by atoms with E-state index < -0.39 is 0 Å². The van der Waals surface area contributed by atoms with E-state index in [2.05, 4.69) is 14.8 Å². The van der Waals surface area contributed by atoms with Gasteiger partial charge in [0.2, 0.25) is 0 Å². The second-order valence-electron chi connectivity index (χ2n) is 5.70. The van der Waals surface area contributed by atoms with Crippen LogP contribution in [-0.4, -0.2) is 25.1 Å². The van der Waals surface area contributed by atoms with Crippen molar-refractivity contribution in [3.63, 3.8) is 0 Å². The summed E-state index contributed by atoms with van der Waals surface area (Å²) in [4.78, 5) is 12.0. The fourth-order valence-corrected chi connectivity index (χ4v) is 3.93. The molecule has 0 N–H and O–H groups in total. The Kier molecular flexibility index (Phi) is 3.95. The minimum absolute atomic E-state index is 0.299. The molecule has 0 fully saturated rings. The highest BCUT2D eigenvalue weighted by Gasteiger charge is 2.15. The number of oxazole rings is 1. The third-order valence-corrected chi connectivity index (χ3v) is 5.14. The van der Waals surface area contributed by atoms with E-state index >= 15 is 0 Å². The van der Waals surface area contributed by atoms with E-state index in [0.717, 1.165) is 35.2 Å². The fourth-order valence-electron chi connectivity index (χ4n) is 3.02. The van der Waals surface area contributed by atoms with Gasteiger partial charge in [0, 0.05) is 25.3 Å². The molecule has 0 aliphatic carbocycles. The second kappa shape index (κ2) is 6.23. The van der Waals surface area contributed by atoms with Crippen molar-refractivity contribution in [3.8, 4) is 0 Å². The second-order valence-corrected chi connectivity index (χ2v) is 6.76. The molecule has 0 radical (unpaired) electrons. The zero-order valence-electron chi connectivity index (χ0n) is 12.8. The largest absolute Gasteiger partial charge is 0.419 e. The SMILES string of the molecule is O=c1oc2ccccc2n1CCSc1nnc2n1CCCCC2. The molecule has 1 aromatic carbocycles. The predicted molar refractivity (Wildman–Crippen MR) is 88.8 cm³/mol. The highest BCUT2D eigenvalue weighted by molar-refractivity contribution is 7.99. The van der Waals surface area contributed by atoms with Gasteiger partial charge >= 0.3 is 5.76 Å². The van der Waals surface area contributed by atoms with Gasteiger partial charge in [-0.25, -0.2) is 4.79 Å². The van der Waals surface area contributed by atoms with Crippen LogP contribution in [-0.2, 0) is 19.5 Å². The van der Waals surface area contributed by atoms with Gasteiger partial charge in [0.25, 0.3) is 0 Å². The summed E-state index contributed by atoms with van der Waals surface area (Å²) in [5.74, 6) is 1.56. The van der Waals surface area contributed by atoms with Crippen molar-refractivity contribution < 1.29 is 4.42 Å². The molecule has 120 valence electrons. The topological polar surface area (TPSA) is 65.8 Å². The first kappa shape index (κ1) is 14.6. The van der Waals surface area contributed by atoms with Crippen LogP contribution in [0.1, 0.15) is 25.1 Å². The van der Waals surface area contributed by atoms with Crippen molar-refractivity contribution in [1.29, 1.82) is 0 Å². The molecule has 0 atom stereocenters. The zero-order chi connectivity index (χ0) is 15.6. The van der Waals surface area contributed by atoms with E-state index in [-0.39, 0.29) is 5.76 Å². The van der Waals surface area contributed by atoms with E-state index in [1.165, 1.54) is 19.3 Å². The van der Waals surface area contributed by atoms with Crippen molar-refractivity contribution >= 4 is 22.9 Å². The minimum atomic E-state index is -0.299. The van der Waals surface area contributed by atoms with Gasteiger partial charge in [-0.2, -0.15) is 0 Å². The molecule has 23 heavy (non-hydrogen) atoms. The number of thioether (sulfide) groups is 1. The monoisotopic (exact) mass is 330 g/mol. The molecule has 6 nitrogen and oxygen atoms in total. The van der Waals surface area contributed by atoms with Crippen LogP contribution >= 0.6 is 11.8 Å². The Bertz CT molecular complexity index is 880. The molecular weight excluding hydrogens is 312 g/mol. The number of rotatable bonds is 4. The number of hydrogen-bond acceptors (Lipinski definition) is 5. The van der Waals surface area contributed by atoms with E-state index in [9.17, 15) is 4.79 Å². The Labute approximate surface area is 137 Å². The number of fused-ring (bicyclic) bond motifs is 2. The van der Waals surface area contributed by atoms with Crippen LogP contribution in [0.3, 0.4) is 0 Å². The van der Waals surface area contributed by atoms with Crippen molar-refractivity contribution in [2.75, 3.05) is 5.75 Å². The lowest BCUT2D eigenvalue weighted by Gasteiger charge is -2.06. The lowest BCUT2D eigenvalue weighted by atomic mass is 10.2. The first-order chi connectivity index (χ1) is 11.3. The summed E-state index contributed by atoms with van der Waals surface area (Å²) in [6.07, 6.45) is 4.65. The Morgan fingerprint density at radius 1 is 1.17 bits per heavy atom. The average Bonchev–Trinajstić information content (AvgIpc) is 2.99. The normalized spacial score (nSPS) is 14.8. The number of nitrogens with zero attached hydrogens (tertiary/aromatic N) is 4. The van der Waals surface area contributed by atoms with Gasteiger partial charge in [0.15, 0.2) is 10.7 Å². The van der Waals surface area contributed by atoms with Gasteiger partial charge in [-0.15, -0.1) is 10.2 Å². The van der Waals surface area contributed by atoms with Gasteiger partial charge in [0.1, 0.15) is 5.82 Å². The number of aryl methyl sites for hydroxylation is 2. The lowest BCUT2D eigenvalue weighted by molar-refractivity contribution is 0.514. The molecule has 3 heterocycles.